The summed E-state index contributed by atoms with van der Waals surface area (Å²) in [6.07, 6.45) is 1.45. The SMILES string of the molecule is O=C1NC(=S)[NH2+]N=C1CCc1ccccc1. The van der Waals surface area contributed by atoms with Gasteiger partial charge in [-0.25, -0.2) is 0 Å². The lowest BCUT2D eigenvalue weighted by molar-refractivity contribution is -0.546. The lowest BCUT2D eigenvalue weighted by atomic mass is 10.1. The second-order valence-electron chi connectivity index (χ2n) is 3.51. The molecular weight excluding hydrogens is 222 g/mol. The van der Waals surface area contributed by atoms with E-state index < -0.39 is 0 Å². The number of hydrogen-bond donors (Lipinski definition) is 2. The van der Waals surface area contributed by atoms with Gasteiger partial charge in [-0.1, -0.05) is 35.4 Å². The minimum Gasteiger partial charge on any atom is -0.267 e. The fraction of sp³-hybridized carbons (Fsp3) is 0.182. The van der Waals surface area contributed by atoms with Crippen molar-refractivity contribution in [2.75, 3.05) is 0 Å². The molecule has 0 atom stereocenters. The summed E-state index contributed by atoms with van der Waals surface area (Å²) in [5.41, 5.74) is 3.25. The summed E-state index contributed by atoms with van der Waals surface area (Å²) in [5, 5.41) is 7.00. The summed E-state index contributed by atoms with van der Waals surface area (Å²) in [6.45, 7) is 0. The smallest absolute Gasteiger partial charge is 0.267 e. The number of thiocarbonyl (C=S) groups is 1. The average Bonchev–Trinajstić information content (AvgIpc) is 2.29. The van der Waals surface area contributed by atoms with E-state index in [1.54, 1.807) is 0 Å². The third-order valence-corrected chi connectivity index (χ3v) is 2.54. The Labute approximate surface area is 98.7 Å². The third kappa shape index (κ3) is 2.71. The second-order valence-corrected chi connectivity index (χ2v) is 3.95. The Morgan fingerprint density at radius 2 is 2.00 bits per heavy atom. The first-order valence-corrected chi connectivity index (χ1v) is 5.45. The average molecular weight is 234 g/mol. The van der Waals surface area contributed by atoms with Gasteiger partial charge in [-0.05, 0) is 12.0 Å². The molecule has 0 saturated carbocycles. The summed E-state index contributed by atoms with van der Waals surface area (Å²) in [5.74, 6) is -0.177. The van der Waals surface area contributed by atoms with Crippen molar-refractivity contribution >= 4 is 28.9 Å². The molecule has 0 fully saturated rings. The van der Waals surface area contributed by atoms with E-state index >= 15 is 0 Å². The van der Waals surface area contributed by atoms with Gasteiger partial charge in [0, 0.05) is 18.6 Å². The van der Waals surface area contributed by atoms with E-state index in [0.29, 0.717) is 17.2 Å². The molecular formula is C11H12N3OS+. The van der Waals surface area contributed by atoms with E-state index in [1.807, 2.05) is 30.3 Å². The number of nitrogens with two attached hydrogens (primary N) is 1. The predicted octanol–water partition coefficient (Wildman–Crippen LogP) is -0.0467. The molecule has 1 heterocycles. The maximum absolute atomic E-state index is 11.5. The molecule has 0 saturated heterocycles. The van der Waals surface area contributed by atoms with Crippen LogP contribution in [0.4, 0.5) is 0 Å². The summed E-state index contributed by atoms with van der Waals surface area (Å²) >= 11 is 4.82. The van der Waals surface area contributed by atoms with Gasteiger partial charge in [-0.2, -0.15) is 5.43 Å². The van der Waals surface area contributed by atoms with Gasteiger partial charge < -0.3 is 0 Å². The van der Waals surface area contributed by atoms with Crippen LogP contribution in [0.5, 0.6) is 0 Å². The minimum absolute atomic E-state index is 0.177. The first-order chi connectivity index (χ1) is 7.75. The van der Waals surface area contributed by atoms with Gasteiger partial charge in [0.05, 0.1) is 0 Å². The lowest BCUT2D eigenvalue weighted by Gasteiger charge is -2.09. The van der Waals surface area contributed by atoms with E-state index in [4.69, 9.17) is 12.2 Å². The molecule has 1 aromatic rings. The van der Waals surface area contributed by atoms with Crippen molar-refractivity contribution in [3.05, 3.63) is 35.9 Å². The number of nitrogens with one attached hydrogen (secondary N) is 1. The standard InChI is InChI=1S/C11H11N3OS/c15-10-9(13-14-11(16)12-10)7-6-8-4-2-1-3-5-8/h1-5H,6-7H2,(H2,12,14,15,16)/p+1. The van der Waals surface area contributed by atoms with Crippen LogP contribution in [0, 0.1) is 0 Å². The normalized spacial score (nSPS) is 15.6. The van der Waals surface area contributed by atoms with Crippen molar-refractivity contribution in [2.24, 2.45) is 5.10 Å². The third-order valence-electron chi connectivity index (χ3n) is 2.33. The number of benzene rings is 1. The van der Waals surface area contributed by atoms with Crippen molar-refractivity contribution in [2.45, 2.75) is 12.8 Å². The number of hydrogen-bond acceptors (Lipinski definition) is 3. The quantitative estimate of drug-likeness (QED) is 0.569. The Bertz CT molecular complexity index is 442. The van der Waals surface area contributed by atoms with Crippen LogP contribution in [0.15, 0.2) is 35.4 Å². The van der Waals surface area contributed by atoms with Gasteiger partial charge in [-0.3, -0.25) is 10.1 Å². The molecule has 0 aromatic heterocycles. The molecule has 16 heavy (non-hydrogen) atoms. The zero-order valence-corrected chi connectivity index (χ0v) is 9.46. The molecule has 0 spiro atoms. The number of quaternary nitrogens is 1. The molecule has 4 nitrogen and oxygen atoms in total. The van der Waals surface area contributed by atoms with E-state index in [-0.39, 0.29) is 5.91 Å². The van der Waals surface area contributed by atoms with Crippen molar-refractivity contribution in [3.63, 3.8) is 0 Å². The van der Waals surface area contributed by atoms with Crippen molar-refractivity contribution in [1.82, 2.24) is 5.32 Å². The Morgan fingerprint density at radius 1 is 1.25 bits per heavy atom. The fourth-order valence-electron chi connectivity index (χ4n) is 1.50. The highest BCUT2D eigenvalue weighted by molar-refractivity contribution is 7.79. The van der Waals surface area contributed by atoms with Crippen molar-refractivity contribution in [3.8, 4) is 0 Å². The molecule has 82 valence electrons. The molecule has 0 aliphatic carbocycles. The van der Waals surface area contributed by atoms with Gasteiger partial charge in [0.15, 0.2) is 5.71 Å². The first-order valence-electron chi connectivity index (χ1n) is 5.05. The Hall–Kier alpha value is -1.59. The van der Waals surface area contributed by atoms with Crippen LogP contribution in [0.3, 0.4) is 0 Å². The summed E-state index contributed by atoms with van der Waals surface area (Å²) in [6, 6.07) is 10.0. The van der Waals surface area contributed by atoms with Crippen LogP contribution in [-0.2, 0) is 11.2 Å². The van der Waals surface area contributed by atoms with Gasteiger partial charge in [-0.15, -0.1) is 0 Å². The van der Waals surface area contributed by atoms with Gasteiger partial charge in [0.2, 0.25) is 0 Å². The highest BCUT2D eigenvalue weighted by Crippen LogP contribution is 2.03. The maximum atomic E-state index is 11.5. The Balaban J connectivity index is 1.96. The number of carbonyl (C=O) groups excluding carboxylic acids is 1. The van der Waals surface area contributed by atoms with Crippen molar-refractivity contribution in [1.29, 1.82) is 0 Å². The maximum Gasteiger partial charge on any atom is 0.300 e. The molecule has 3 N–H and O–H groups in total. The molecule has 1 aromatic carbocycles. The monoisotopic (exact) mass is 234 g/mol. The number of aryl methyl sites for hydroxylation is 1. The van der Waals surface area contributed by atoms with E-state index in [0.717, 1.165) is 6.42 Å². The van der Waals surface area contributed by atoms with Crippen LogP contribution in [0.2, 0.25) is 0 Å². The van der Waals surface area contributed by atoms with Crippen molar-refractivity contribution < 1.29 is 10.2 Å². The molecule has 0 bridgehead atoms. The van der Waals surface area contributed by atoms with E-state index in [9.17, 15) is 4.79 Å². The zero-order valence-electron chi connectivity index (χ0n) is 8.64. The van der Waals surface area contributed by atoms with Crippen LogP contribution in [0.1, 0.15) is 12.0 Å². The lowest BCUT2D eigenvalue weighted by Crippen LogP contribution is -2.88. The Morgan fingerprint density at radius 3 is 2.69 bits per heavy atom. The van der Waals surface area contributed by atoms with Crippen LogP contribution in [0.25, 0.3) is 0 Å². The summed E-state index contributed by atoms with van der Waals surface area (Å²) in [4.78, 5) is 11.5. The molecule has 1 aliphatic rings. The number of carbonyl (C=O) groups is 1. The second kappa shape index (κ2) is 4.96. The highest BCUT2D eigenvalue weighted by Gasteiger charge is 2.21. The minimum atomic E-state index is -0.177. The topological polar surface area (TPSA) is 58.1 Å². The molecule has 0 unspecified atom stereocenters. The summed E-state index contributed by atoms with van der Waals surface area (Å²) < 4.78 is 0. The molecule has 1 aliphatic heterocycles. The van der Waals surface area contributed by atoms with E-state index in [1.165, 1.54) is 11.0 Å². The van der Waals surface area contributed by atoms with Gasteiger partial charge in [0.1, 0.15) is 0 Å². The zero-order chi connectivity index (χ0) is 11.4. The number of nitrogens with zero attached hydrogens (tertiary/aromatic N) is 1. The van der Waals surface area contributed by atoms with Crippen LogP contribution >= 0.6 is 12.2 Å². The van der Waals surface area contributed by atoms with Crippen LogP contribution < -0.4 is 10.7 Å². The van der Waals surface area contributed by atoms with Crippen LogP contribution in [-0.4, -0.2) is 16.7 Å². The largest absolute Gasteiger partial charge is 0.300 e. The van der Waals surface area contributed by atoms with Gasteiger partial charge >= 0.3 is 0 Å². The molecule has 0 radical (unpaired) electrons. The van der Waals surface area contributed by atoms with E-state index in [2.05, 4.69) is 10.4 Å². The highest BCUT2D eigenvalue weighted by atomic mass is 32.1. The summed E-state index contributed by atoms with van der Waals surface area (Å²) in [7, 11) is 0. The fourth-order valence-corrected chi connectivity index (χ4v) is 1.64. The Kier molecular flexibility index (Phi) is 3.38. The molecule has 5 heteroatoms. The predicted molar refractivity (Wildman–Crippen MR) is 64.9 cm³/mol. The van der Waals surface area contributed by atoms with Gasteiger partial charge in [0.25, 0.3) is 11.0 Å². The number of amides is 1. The molecule has 1 amide bonds. The number of rotatable bonds is 3. The first kappa shape index (κ1) is 10.9. The molecule has 2 rings (SSSR count).